The third kappa shape index (κ3) is 2.95. The zero-order chi connectivity index (χ0) is 15.5. The molecule has 1 N–H and O–H groups in total. The van der Waals surface area contributed by atoms with E-state index < -0.39 is 0 Å². The Bertz CT molecular complexity index is 737. The van der Waals surface area contributed by atoms with E-state index in [0.29, 0.717) is 5.92 Å². The summed E-state index contributed by atoms with van der Waals surface area (Å²) in [5.41, 5.74) is 2.01. The lowest BCUT2D eigenvalue weighted by Gasteiger charge is -2.32. The molecule has 1 atom stereocenters. The monoisotopic (exact) mass is 305 g/mol. The molecule has 3 aromatic rings. The molecule has 5 heteroatoms. The molecule has 5 nitrogen and oxygen atoms in total. The van der Waals surface area contributed by atoms with E-state index in [2.05, 4.69) is 43.3 Å². The molecular weight excluding hydrogens is 286 g/mol. The van der Waals surface area contributed by atoms with E-state index in [4.69, 9.17) is 0 Å². The molecule has 1 saturated heterocycles. The van der Waals surface area contributed by atoms with Crippen molar-refractivity contribution in [2.45, 2.75) is 18.8 Å². The Hall–Kier alpha value is -2.69. The van der Waals surface area contributed by atoms with Gasteiger partial charge in [-0.3, -0.25) is 0 Å². The predicted octanol–water partition coefficient (Wildman–Crippen LogP) is 3.25. The highest BCUT2D eigenvalue weighted by molar-refractivity contribution is 5.59. The molecule has 116 valence electrons. The van der Waals surface area contributed by atoms with Gasteiger partial charge in [0.05, 0.1) is 5.69 Å². The van der Waals surface area contributed by atoms with E-state index in [-0.39, 0.29) is 0 Å². The molecular formula is C18H19N5. The number of nitrogens with zero attached hydrogens (tertiary/aromatic N) is 4. The van der Waals surface area contributed by atoms with Gasteiger partial charge in [-0.2, -0.15) is 0 Å². The second-order valence-corrected chi connectivity index (χ2v) is 5.90. The van der Waals surface area contributed by atoms with Crippen molar-refractivity contribution in [3.05, 3.63) is 60.7 Å². The number of hydrogen-bond acceptors (Lipinski definition) is 4. The van der Waals surface area contributed by atoms with Crippen LogP contribution in [0.2, 0.25) is 0 Å². The maximum Gasteiger partial charge on any atom is 0.151 e. The van der Waals surface area contributed by atoms with E-state index in [9.17, 15) is 0 Å². The van der Waals surface area contributed by atoms with Crippen molar-refractivity contribution >= 4 is 5.82 Å². The lowest BCUT2D eigenvalue weighted by molar-refractivity contribution is 0.490. The van der Waals surface area contributed by atoms with E-state index in [0.717, 1.165) is 42.4 Å². The van der Waals surface area contributed by atoms with Crippen LogP contribution in [0, 0.1) is 0 Å². The van der Waals surface area contributed by atoms with Gasteiger partial charge in [0.1, 0.15) is 5.82 Å². The van der Waals surface area contributed by atoms with Crippen LogP contribution in [-0.4, -0.2) is 33.3 Å². The standard InChI is InChI=1S/C18H19N5/c1-2-5-14(6-3-1)16-8-9-17(22-21-16)23-12-4-7-15(13-23)18-19-10-11-20-18/h1-3,5-6,8-11,15H,4,7,12-13H2,(H,19,20)/t15-/m1/s1. The SMILES string of the molecule is c1ccc(-c2ccc(N3CCC[C@@H](c4ncc[nH]4)C3)nn2)cc1. The fourth-order valence-electron chi connectivity index (χ4n) is 3.17. The molecule has 4 rings (SSSR count). The zero-order valence-corrected chi connectivity index (χ0v) is 12.9. The number of rotatable bonds is 3. The van der Waals surface area contributed by atoms with Crippen LogP contribution in [0.4, 0.5) is 5.82 Å². The number of nitrogens with one attached hydrogen (secondary N) is 1. The molecule has 0 radical (unpaired) electrons. The Morgan fingerprint density at radius 3 is 2.70 bits per heavy atom. The van der Waals surface area contributed by atoms with Gasteiger partial charge in [0, 0.05) is 37.0 Å². The number of anilines is 1. The predicted molar refractivity (Wildman–Crippen MR) is 90.2 cm³/mol. The number of aromatic amines is 1. The average Bonchev–Trinajstić information content (AvgIpc) is 3.18. The number of piperidine rings is 1. The van der Waals surface area contributed by atoms with Gasteiger partial charge in [0.15, 0.2) is 5.82 Å². The summed E-state index contributed by atoms with van der Waals surface area (Å²) in [4.78, 5) is 9.94. The molecule has 0 bridgehead atoms. The Morgan fingerprint density at radius 1 is 1.04 bits per heavy atom. The maximum atomic E-state index is 4.44. The molecule has 1 aromatic carbocycles. The van der Waals surface area contributed by atoms with E-state index in [1.165, 1.54) is 6.42 Å². The molecule has 1 aliphatic rings. The first-order valence-corrected chi connectivity index (χ1v) is 8.03. The first-order chi connectivity index (χ1) is 11.4. The summed E-state index contributed by atoms with van der Waals surface area (Å²) in [6, 6.07) is 14.3. The van der Waals surface area contributed by atoms with Gasteiger partial charge in [0.25, 0.3) is 0 Å². The van der Waals surface area contributed by atoms with E-state index >= 15 is 0 Å². The fourth-order valence-corrected chi connectivity index (χ4v) is 3.17. The zero-order valence-electron chi connectivity index (χ0n) is 12.9. The van der Waals surface area contributed by atoms with Crippen molar-refractivity contribution in [1.29, 1.82) is 0 Å². The van der Waals surface area contributed by atoms with Crippen LogP contribution in [-0.2, 0) is 0 Å². The quantitative estimate of drug-likeness (QED) is 0.807. The average molecular weight is 305 g/mol. The van der Waals surface area contributed by atoms with Gasteiger partial charge in [-0.15, -0.1) is 10.2 Å². The third-order valence-electron chi connectivity index (χ3n) is 4.37. The number of aromatic nitrogens is 4. The van der Waals surface area contributed by atoms with Gasteiger partial charge < -0.3 is 9.88 Å². The molecule has 0 spiro atoms. The number of imidazole rings is 1. The minimum Gasteiger partial charge on any atom is -0.354 e. The van der Waals surface area contributed by atoms with Crippen LogP contribution in [0.1, 0.15) is 24.6 Å². The molecule has 0 aliphatic carbocycles. The Balaban J connectivity index is 1.51. The third-order valence-corrected chi connectivity index (χ3v) is 4.37. The van der Waals surface area contributed by atoms with Gasteiger partial charge in [-0.1, -0.05) is 30.3 Å². The summed E-state index contributed by atoms with van der Waals surface area (Å²) in [6.45, 7) is 1.96. The molecule has 2 aromatic heterocycles. The number of benzene rings is 1. The van der Waals surface area contributed by atoms with Crippen LogP contribution < -0.4 is 4.90 Å². The minimum atomic E-state index is 0.439. The highest BCUT2D eigenvalue weighted by atomic mass is 15.3. The van der Waals surface area contributed by atoms with E-state index in [1.807, 2.05) is 36.7 Å². The smallest absolute Gasteiger partial charge is 0.151 e. The van der Waals surface area contributed by atoms with Crippen LogP contribution in [0.25, 0.3) is 11.3 Å². The van der Waals surface area contributed by atoms with Crippen LogP contribution in [0.3, 0.4) is 0 Å². The largest absolute Gasteiger partial charge is 0.354 e. The summed E-state index contributed by atoms with van der Waals surface area (Å²) >= 11 is 0. The van der Waals surface area contributed by atoms with Gasteiger partial charge in [-0.25, -0.2) is 4.98 Å². The van der Waals surface area contributed by atoms with Crippen molar-refractivity contribution in [2.75, 3.05) is 18.0 Å². The Labute approximate surface area is 135 Å². The van der Waals surface area contributed by atoms with Gasteiger partial charge >= 0.3 is 0 Å². The van der Waals surface area contributed by atoms with Crippen molar-refractivity contribution in [3.63, 3.8) is 0 Å². The second-order valence-electron chi connectivity index (χ2n) is 5.90. The van der Waals surface area contributed by atoms with E-state index in [1.54, 1.807) is 0 Å². The summed E-state index contributed by atoms with van der Waals surface area (Å²) < 4.78 is 0. The fraction of sp³-hybridized carbons (Fsp3) is 0.278. The Morgan fingerprint density at radius 2 is 1.96 bits per heavy atom. The van der Waals surface area contributed by atoms with Crippen LogP contribution >= 0.6 is 0 Å². The molecule has 0 saturated carbocycles. The lowest BCUT2D eigenvalue weighted by Crippen LogP contribution is -2.35. The van der Waals surface area contributed by atoms with Crippen molar-refractivity contribution < 1.29 is 0 Å². The maximum absolute atomic E-state index is 4.44. The normalized spacial score (nSPS) is 18.1. The van der Waals surface area contributed by atoms with Gasteiger partial charge in [-0.05, 0) is 25.0 Å². The van der Waals surface area contributed by atoms with Gasteiger partial charge in [0.2, 0.25) is 0 Å². The Kier molecular flexibility index (Phi) is 3.76. The van der Waals surface area contributed by atoms with Crippen LogP contribution in [0.15, 0.2) is 54.9 Å². The summed E-state index contributed by atoms with van der Waals surface area (Å²) in [5.74, 6) is 2.46. The molecule has 0 unspecified atom stereocenters. The van der Waals surface area contributed by atoms with Crippen molar-refractivity contribution in [3.8, 4) is 11.3 Å². The molecule has 3 heterocycles. The first-order valence-electron chi connectivity index (χ1n) is 8.03. The summed E-state index contributed by atoms with van der Waals surface area (Å²) in [5, 5.41) is 8.84. The van der Waals surface area contributed by atoms with Crippen LogP contribution in [0.5, 0.6) is 0 Å². The lowest BCUT2D eigenvalue weighted by atomic mass is 9.97. The highest BCUT2D eigenvalue weighted by Crippen LogP contribution is 2.27. The molecule has 1 aliphatic heterocycles. The summed E-state index contributed by atoms with van der Waals surface area (Å²) in [6.07, 6.45) is 6.03. The van der Waals surface area contributed by atoms with Crippen molar-refractivity contribution in [2.24, 2.45) is 0 Å². The summed E-state index contributed by atoms with van der Waals surface area (Å²) in [7, 11) is 0. The first kappa shape index (κ1) is 13.9. The molecule has 1 fully saturated rings. The number of H-pyrrole nitrogens is 1. The number of hydrogen-bond donors (Lipinski definition) is 1. The second kappa shape index (κ2) is 6.20. The topological polar surface area (TPSA) is 57.7 Å². The molecule has 0 amide bonds. The highest BCUT2D eigenvalue weighted by Gasteiger charge is 2.24. The van der Waals surface area contributed by atoms with Crippen molar-refractivity contribution in [1.82, 2.24) is 20.2 Å². The minimum absolute atomic E-state index is 0.439. The molecule has 23 heavy (non-hydrogen) atoms.